The molecule has 1 amide bonds. The van der Waals surface area contributed by atoms with Crippen LogP contribution < -0.4 is 15.4 Å². The van der Waals surface area contributed by atoms with E-state index in [2.05, 4.69) is 20.3 Å². The molecule has 7 nitrogen and oxygen atoms in total. The van der Waals surface area contributed by atoms with Crippen molar-refractivity contribution in [2.45, 2.75) is 17.6 Å². The molecule has 1 aliphatic heterocycles. The maximum Gasteiger partial charge on any atom is 0.250 e. The van der Waals surface area contributed by atoms with Crippen LogP contribution in [0.5, 0.6) is 0 Å². The largest absolute Gasteiger partial charge is 0.356 e. The molecule has 0 atom stereocenters. The van der Waals surface area contributed by atoms with E-state index < -0.39 is 10.0 Å². The average molecular weight is 361 g/mol. The molecule has 1 saturated heterocycles. The molecule has 1 aliphatic rings. The predicted octanol–water partition coefficient (Wildman–Crippen LogP) is -0.390. The molecule has 2 heterocycles. The molecule has 0 saturated carbocycles. The molecule has 0 radical (unpaired) electrons. The van der Waals surface area contributed by atoms with E-state index in [9.17, 15) is 13.2 Å². The lowest BCUT2D eigenvalue weighted by Crippen LogP contribution is -2.46. The second-order valence-corrected chi connectivity index (χ2v) is 8.61. The van der Waals surface area contributed by atoms with Gasteiger partial charge in [0, 0.05) is 57.6 Å². The van der Waals surface area contributed by atoms with E-state index in [4.69, 9.17) is 0 Å². The van der Waals surface area contributed by atoms with Gasteiger partial charge in [-0.2, -0.15) is 0 Å². The molecular formula is C14H24N4O3S2. The fraction of sp³-hybridized carbons (Fsp3) is 0.643. The minimum Gasteiger partial charge on any atom is -0.356 e. The zero-order valence-corrected chi connectivity index (χ0v) is 14.9. The summed E-state index contributed by atoms with van der Waals surface area (Å²) in [4.78, 5) is 14.0. The molecule has 0 spiro atoms. The lowest BCUT2D eigenvalue weighted by molar-refractivity contribution is -0.118. The van der Waals surface area contributed by atoms with Crippen LogP contribution in [0, 0.1) is 0 Å². The Bertz CT molecular complexity index is 609. The number of hydrogen-bond donors (Lipinski definition) is 3. The summed E-state index contributed by atoms with van der Waals surface area (Å²) in [7, 11) is -3.44. The molecule has 2 rings (SSSR count). The smallest absolute Gasteiger partial charge is 0.250 e. The fourth-order valence-electron chi connectivity index (χ4n) is 2.34. The highest BCUT2D eigenvalue weighted by atomic mass is 32.2. The van der Waals surface area contributed by atoms with Crippen molar-refractivity contribution in [3.05, 3.63) is 17.0 Å². The average Bonchev–Trinajstić information content (AvgIpc) is 2.97. The second-order valence-electron chi connectivity index (χ2n) is 5.44. The lowest BCUT2D eigenvalue weighted by atomic mass is 10.3. The van der Waals surface area contributed by atoms with Crippen LogP contribution in [0.4, 0.5) is 0 Å². The fourth-order valence-corrected chi connectivity index (χ4v) is 4.76. The quantitative estimate of drug-likeness (QED) is 0.587. The zero-order chi connectivity index (χ0) is 16.7. The Morgan fingerprint density at radius 2 is 2.04 bits per heavy atom. The van der Waals surface area contributed by atoms with Crippen molar-refractivity contribution in [3.63, 3.8) is 0 Å². The van der Waals surface area contributed by atoms with Crippen molar-refractivity contribution >= 4 is 27.3 Å². The summed E-state index contributed by atoms with van der Waals surface area (Å²) >= 11 is 1.25. The third-order valence-electron chi connectivity index (χ3n) is 3.58. The summed E-state index contributed by atoms with van der Waals surface area (Å²) in [5.41, 5.74) is 0. The maximum atomic E-state index is 12.3. The monoisotopic (exact) mass is 360 g/mol. The van der Waals surface area contributed by atoms with Gasteiger partial charge in [0.25, 0.3) is 0 Å². The number of hydrogen-bond acceptors (Lipinski definition) is 6. The van der Waals surface area contributed by atoms with E-state index in [1.54, 1.807) is 12.1 Å². The number of thiophene rings is 1. The van der Waals surface area contributed by atoms with Gasteiger partial charge in [-0.1, -0.05) is 0 Å². The predicted molar refractivity (Wildman–Crippen MR) is 91.2 cm³/mol. The Morgan fingerprint density at radius 1 is 1.30 bits per heavy atom. The van der Waals surface area contributed by atoms with Crippen LogP contribution in [0.1, 0.15) is 11.8 Å². The van der Waals surface area contributed by atoms with Gasteiger partial charge < -0.3 is 10.6 Å². The molecule has 23 heavy (non-hydrogen) atoms. The topological polar surface area (TPSA) is 90.5 Å². The van der Waals surface area contributed by atoms with Gasteiger partial charge in [0.2, 0.25) is 15.9 Å². The van der Waals surface area contributed by atoms with Gasteiger partial charge in [0.15, 0.2) is 0 Å². The third-order valence-corrected chi connectivity index (χ3v) is 6.67. The SMILES string of the molecule is CC(=O)NCCc1ccc(S(=O)(=O)NCCN2CCNCC2)s1. The van der Waals surface area contributed by atoms with E-state index >= 15 is 0 Å². The van der Waals surface area contributed by atoms with Gasteiger partial charge in [0.1, 0.15) is 4.21 Å². The molecule has 1 fully saturated rings. The molecule has 0 bridgehead atoms. The van der Waals surface area contributed by atoms with E-state index in [-0.39, 0.29) is 5.91 Å². The van der Waals surface area contributed by atoms with Crippen LogP contribution in [-0.4, -0.2) is 65.0 Å². The van der Waals surface area contributed by atoms with Crippen LogP contribution in [-0.2, 0) is 21.2 Å². The van der Waals surface area contributed by atoms with Crippen LogP contribution in [0.2, 0.25) is 0 Å². The Balaban J connectivity index is 1.79. The first kappa shape index (κ1) is 18.3. The van der Waals surface area contributed by atoms with Crippen molar-refractivity contribution in [2.75, 3.05) is 45.8 Å². The van der Waals surface area contributed by atoms with Gasteiger partial charge in [0.05, 0.1) is 0 Å². The first-order chi connectivity index (χ1) is 11.0. The minimum absolute atomic E-state index is 0.0796. The highest BCUT2D eigenvalue weighted by Crippen LogP contribution is 2.21. The number of piperazine rings is 1. The van der Waals surface area contributed by atoms with Gasteiger partial charge in [-0.15, -0.1) is 11.3 Å². The summed E-state index contributed by atoms with van der Waals surface area (Å²) in [6.45, 7) is 6.94. The van der Waals surface area contributed by atoms with E-state index in [1.807, 2.05) is 0 Å². The summed E-state index contributed by atoms with van der Waals surface area (Å²) < 4.78 is 27.5. The van der Waals surface area contributed by atoms with Crippen LogP contribution in [0.3, 0.4) is 0 Å². The Kier molecular flexibility index (Phi) is 6.97. The highest BCUT2D eigenvalue weighted by Gasteiger charge is 2.17. The van der Waals surface area contributed by atoms with Crippen LogP contribution in [0.15, 0.2) is 16.3 Å². The summed E-state index contributed by atoms with van der Waals surface area (Å²) in [5, 5.41) is 5.97. The van der Waals surface area contributed by atoms with Gasteiger partial charge >= 0.3 is 0 Å². The number of carbonyl (C=O) groups is 1. The Hall–Kier alpha value is -1.00. The number of sulfonamides is 1. The second kappa shape index (κ2) is 8.74. The van der Waals surface area contributed by atoms with Crippen molar-refractivity contribution in [2.24, 2.45) is 0 Å². The number of amides is 1. The van der Waals surface area contributed by atoms with Gasteiger partial charge in [-0.3, -0.25) is 9.69 Å². The number of nitrogens with one attached hydrogen (secondary N) is 3. The maximum absolute atomic E-state index is 12.3. The molecule has 1 aromatic heterocycles. The molecule has 0 aromatic carbocycles. The first-order valence-corrected chi connectivity index (χ1v) is 10.0. The first-order valence-electron chi connectivity index (χ1n) is 7.73. The van der Waals surface area contributed by atoms with Crippen LogP contribution in [0.25, 0.3) is 0 Å². The lowest BCUT2D eigenvalue weighted by Gasteiger charge is -2.26. The van der Waals surface area contributed by atoms with Crippen molar-refractivity contribution in [1.29, 1.82) is 0 Å². The van der Waals surface area contributed by atoms with E-state index in [0.717, 1.165) is 37.6 Å². The summed E-state index contributed by atoms with van der Waals surface area (Å²) in [6.07, 6.45) is 0.639. The van der Waals surface area contributed by atoms with E-state index in [0.29, 0.717) is 23.7 Å². The normalized spacial score (nSPS) is 16.4. The zero-order valence-electron chi connectivity index (χ0n) is 13.3. The highest BCUT2D eigenvalue weighted by molar-refractivity contribution is 7.91. The van der Waals surface area contributed by atoms with Gasteiger partial charge in [-0.25, -0.2) is 13.1 Å². The Morgan fingerprint density at radius 3 is 2.74 bits per heavy atom. The van der Waals surface area contributed by atoms with Crippen LogP contribution >= 0.6 is 11.3 Å². The number of nitrogens with zero attached hydrogens (tertiary/aromatic N) is 1. The molecule has 0 aliphatic carbocycles. The third kappa shape index (κ3) is 6.19. The standard InChI is InChI=1S/C14H24N4O3S2/c1-12(19)16-5-4-13-2-3-14(22-13)23(20,21)17-8-11-18-9-6-15-7-10-18/h2-3,15,17H,4-11H2,1H3,(H,16,19). The summed E-state index contributed by atoms with van der Waals surface area (Å²) in [6, 6.07) is 3.43. The van der Waals surface area contributed by atoms with Crippen molar-refractivity contribution in [1.82, 2.24) is 20.3 Å². The van der Waals surface area contributed by atoms with E-state index in [1.165, 1.54) is 18.3 Å². The molecular weight excluding hydrogens is 336 g/mol. The molecule has 0 unspecified atom stereocenters. The summed E-state index contributed by atoms with van der Waals surface area (Å²) in [5.74, 6) is -0.0796. The number of rotatable bonds is 8. The van der Waals surface area contributed by atoms with Crippen molar-refractivity contribution < 1.29 is 13.2 Å². The van der Waals surface area contributed by atoms with Crippen molar-refractivity contribution in [3.8, 4) is 0 Å². The molecule has 3 N–H and O–H groups in total. The molecule has 9 heteroatoms. The number of carbonyl (C=O) groups excluding carboxylic acids is 1. The minimum atomic E-state index is -3.44. The molecule has 130 valence electrons. The molecule has 1 aromatic rings. The van der Waals surface area contributed by atoms with Gasteiger partial charge in [-0.05, 0) is 18.6 Å². The Labute approximate surface area is 141 Å².